The molecule has 0 aliphatic carbocycles. The maximum Gasteiger partial charge on any atom is 0.225 e. The molecule has 1 heterocycles. The van der Waals surface area contributed by atoms with Gasteiger partial charge in [-0.25, -0.2) is 9.97 Å². The third-order valence-electron chi connectivity index (χ3n) is 1.63. The number of hydrogen-bond acceptors (Lipinski definition) is 3. The standard InChI is InChI=1S/C8H11BrClN3/c1-2-13(4-3-10)8-11-5-7(9)6-12-8/h5-6H,2-4H2,1H3. The third-order valence-corrected chi connectivity index (χ3v) is 2.20. The Kier molecular flexibility index (Phi) is 4.45. The van der Waals surface area contributed by atoms with Crippen LogP contribution in [0.2, 0.25) is 0 Å². The second-order valence-corrected chi connectivity index (χ2v) is 3.76. The Bertz CT molecular complexity index is 252. The summed E-state index contributed by atoms with van der Waals surface area (Å²) in [5.74, 6) is 1.32. The van der Waals surface area contributed by atoms with Crippen molar-refractivity contribution in [1.82, 2.24) is 9.97 Å². The monoisotopic (exact) mass is 263 g/mol. The van der Waals surface area contributed by atoms with Crippen molar-refractivity contribution in [1.29, 1.82) is 0 Å². The molecule has 0 aliphatic rings. The first kappa shape index (κ1) is 10.7. The molecule has 1 rings (SSSR count). The van der Waals surface area contributed by atoms with Crippen LogP contribution in [0.15, 0.2) is 16.9 Å². The third kappa shape index (κ3) is 3.12. The molecule has 5 heteroatoms. The van der Waals surface area contributed by atoms with E-state index in [0.717, 1.165) is 23.5 Å². The van der Waals surface area contributed by atoms with Crippen LogP contribution in [0.1, 0.15) is 6.92 Å². The first-order valence-corrected chi connectivity index (χ1v) is 5.39. The summed E-state index contributed by atoms with van der Waals surface area (Å²) >= 11 is 8.94. The highest BCUT2D eigenvalue weighted by Crippen LogP contribution is 2.10. The number of anilines is 1. The molecule has 0 saturated carbocycles. The molecule has 1 aromatic heterocycles. The second kappa shape index (κ2) is 5.40. The Morgan fingerprint density at radius 3 is 2.54 bits per heavy atom. The average molecular weight is 265 g/mol. The van der Waals surface area contributed by atoms with E-state index in [1.165, 1.54) is 0 Å². The summed E-state index contributed by atoms with van der Waals surface area (Å²) in [6.07, 6.45) is 3.47. The zero-order chi connectivity index (χ0) is 9.68. The minimum atomic E-state index is 0.591. The molecule has 0 amide bonds. The molecule has 0 atom stereocenters. The lowest BCUT2D eigenvalue weighted by molar-refractivity contribution is 0.823. The Morgan fingerprint density at radius 1 is 1.46 bits per heavy atom. The lowest BCUT2D eigenvalue weighted by Crippen LogP contribution is -2.26. The van der Waals surface area contributed by atoms with Crippen molar-refractivity contribution in [3.05, 3.63) is 16.9 Å². The van der Waals surface area contributed by atoms with E-state index in [0.29, 0.717) is 5.88 Å². The predicted octanol–water partition coefficient (Wildman–Crippen LogP) is 2.30. The smallest absolute Gasteiger partial charge is 0.225 e. The molecule has 0 bridgehead atoms. The molecule has 0 aromatic carbocycles. The van der Waals surface area contributed by atoms with Gasteiger partial charge in [0.2, 0.25) is 5.95 Å². The van der Waals surface area contributed by atoms with Gasteiger partial charge in [0, 0.05) is 31.4 Å². The van der Waals surface area contributed by atoms with Crippen molar-refractivity contribution in [3.63, 3.8) is 0 Å². The molecule has 13 heavy (non-hydrogen) atoms. The van der Waals surface area contributed by atoms with Crippen molar-refractivity contribution < 1.29 is 0 Å². The molecular formula is C8H11BrClN3. The predicted molar refractivity (Wildman–Crippen MR) is 58.3 cm³/mol. The summed E-state index contributed by atoms with van der Waals surface area (Å²) in [7, 11) is 0. The summed E-state index contributed by atoms with van der Waals surface area (Å²) in [5, 5.41) is 0. The van der Waals surface area contributed by atoms with Gasteiger partial charge in [-0.15, -0.1) is 11.6 Å². The van der Waals surface area contributed by atoms with Crippen molar-refractivity contribution in [2.75, 3.05) is 23.9 Å². The van der Waals surface area contributed by atoms with Crippen LogP contribution in [-0.4, -0.2) is 28.9 Å². The lowest BCUT2D eigenvalue weighted by Gasteiger charge is -2.18. The molecule has 0 radical (unpaired) electrons. The van der Waals surface area contributed by atoms with Gasteiger partial charge in [0.15, 0.2) is 0 Å². The minimum absolute atomic E-state index is 0.591. The van der Waals surface area contributed by atoms with Gasteiger partial charge in [-0.3, -0.25) is 0 Å². The highest BCUT2D eigenvalue weighted by atomic mass is 79.9. The molecule has 72 valence electrons. The topological polar surface area (TPSA) is 29.0 Å². The molecule has 0 spiro atoms. The largest absolute Gasteiger partial charge is 0.340 e. The van der Waals surface area contributed by atoms with E-state index < -0.39 is 0 Å². The van der Waals surface area contributed by atoms with Crippen LogP contribution in [0, 0.1) is 0 Å². The maximum atomic E-state index is 5.65. The fourth-order valence-electron chi connectivity index (χ4n) is 0.970. The summed E-state index contributed by atoms with van der Waals surface area (Å²) in [6, 6.07) is 0. The quantitative estimate of drug-likeness (QED) is 0.782. The van der Waals surface area contributed by atoms with E-state index in [9.17, 15) is 0 Å². The fraction of sp³-hybridized carbons (Fsp3) is 0.500. The van der Waals surface area contributed by atoms with Gasteiger partial charge in [0.1, 0.15) is 0 Å². The van der Waals surface area contributed by atoms with E-state index in [4.69, 9.17) is 11.6 Å². The SMILES string of the molecule is CCN(CCCl)c1ncc(Br)cn1. The van der Waals surface area contributed by atoms with Crippen LogP contribution < -0.4 is 4.90 Å². The van der Waals surface area contributed by atoms with Crippen molar-refractivity contribution in [2.24, 2.45) is 0 Å². The molecule has 0 unspecified atom stereocenters. The Labute approximate surface area is 91.3 Å². The summed E-state index contributed by atoms with van der Waals surface area (Å²) < 4.78 is 0.887. The highest BCUT2D eigenvalue weighted by molar-refractivity contribution is 9.10. The number of rotatable bonds is 4. The van der Waals surface area contributed by atoms with Gasteiger partial charge >= 0.3 is 0 Å². The zero-order valence-corrected chi connectivity index (χ0v) is 9.72. The van der Waals surface area contributed by atoms with Gasteiger partial charge in [0.25, 0.3) is 0 Å². The number of alkyl halides is 1. The van der Waals surface area contributed by atoms with Crippen molar-refractivity contribution >= 4 is 33.5 Å². The maximum absolute atomic E-state index is 5.65. The molecule has 0 saturated heterocycles. The van der Waals surface area contributed by atoms with Crippen LogP contribution in [0.25, 0.3) is 0 Å². The number of aromatic nitrogens is 2. The molecule has 3 nitrogen and oxygen atoms in total. The second-order valence-electron chi connectivity index (χ2n) is 2.47. The molecular weight excluding hydrogens is 253 g/mol. The Morgan fingerprint density at radius 2 is 2.08 bits per heavy atom. The first-order chi connectivity index (χ1) is 6.27. The summed E-state index contributed by atoms with van der Waals surface area (Å²) in [6.45, 7) is 3.70. The molecule has 0 aliphatic heterocycles. The Hall–Kier alpha value is -0.350. The van der Waals surface area contributed by atoms with Crippen LogP contribution >= 0.6 is 27.5 Å². The van der Waals surface area contributed by atoms with E-state index in [-0.39, 0.29) is 0 Å². The first-order valence-electron chi connectivity index (χ1n) is 4.06. The fourth-order valence-corrected chi connectivity index (χ4v) is 1.38. The van der Waals surface area contributed by atoms with Gasteiger partial charge < -0.3 is 4.90 Å². The molecule has 1 aromatic rings. The van der Waals surface area contributed by atoms with Crippen LogP contribution in [-0.2, 0) is 0 Å². The van der Waals surface area contributed by atoms with Gasteiger partial charge in [-0.2, -0.15) is 0 Å². The Balaban J connectivity index is 2.73. The normalized spacial score (nSPS) is 10.1. The number of nitrogens with zero attached hydrogens (tertiary/aromatic N) is 3. The van der Waals surface area contributed by atoms with Gasteiger partial charge in [-0.1, -0.05) is 0 Å². The van der Waals surface area contributed by atoms with E-state index in [1.807, 2.05) is 4.90 Å². The minimum Gasteiger partial charge on any atom is -0.340 e. The molecule has 0 N–H and O–H groups in total. The van der Waals surface area contributed by atoms with Crippen molar-refractivity contribution in [3.8, 4) is 0 Å². The lowest BCUT2D eigenvalue weighted by atomic mass is 10.5. The summed E-state index contributed by atoms with van der Waals surface area (Å²) in [5.41, 5.74) is 0. The van der Waals surface area contributed by atoms with E-state index >= 15 is 0 Å². The average Bonchev–Trinajstić information content (AvgIpc) is 2.16. The van der Waals surface area contributed by atoms with Gasteiger partial charge in [-0.05, 0) is 22.9 Å². The van der Waals surface area contributed by atoms with Crippen molar-refractivity contribution in [2.45, 2.75) is 6.92 Å². The summed E-state index contributed by atoms with van der Waals surface area (Å²) in [4.78, 5) is 10.4. The number of halogens is 2. The number of hydrogen-bond donors (Lipinski definition) is 0. The highest BCUT2D eigenvalue weighted by Gasteiger charge is 2.05. The molecule has 0 fully saturated rings. The zero-order valence-electron chi connectivity index (χ0n) is 7.37. The van der Waals surface area contributed by atoms with E-state index in [2.05, 4.69) is 32.8 Å². The van der Waals surface area contributed by atoms with E-state index in [1.54, 1.807) is 12.4 Å². The van der Waals surface area contributed by atoms with Crippen LogP contribution in [0.3, 0.4) is 0 Å². The van der Waals surface area contributed by atoms with Gasteiger partial charge in [0.05, 0.1) is 4.47 Å². The van der Waals surface area contributed by atoms with Crippen LogP contribution in [0.5, 0.6) is 0 Å². The van der Waals surface area contributed by atoms with Crippen LogP contribution in [0.4, 0.5) is 5.95 Å².